The first-order valence-electron chi connectivity index (χ1n) is 9.63. The van der Waals surface area contributed by atoms with Crippen LogP contribution in [0.5, 0.6) is 0 Å². The summed E-state index contributed by atoms with van der Waals surface area (Å²) in [4.78, 5) is 14.5. The zero-order valence-electron chi connectivity index (χ0n) is 16.2. The summed E-state index contributed by atoms with van der Waals surface area (Å²) in [6.45, 7) is 5.22. The van der Waals surface area contributed by atoms with Gasteiger partial charge in [0.25, 0.3) is 5.91 Å². The van der Waals surface area contributed by atoms with Crippen molar-refractivity contribution in [3.05, 3.63) is 65.7 Å². The van der Waals surface area contributed by atoms with E-state index in [9.17, 15) is 13.2 Å². The summed E-state index contributed by atoms with van der Waals surface area (Å²) in [5.41, 5.74) is 2.53. The zero-order valence-corrected chi connectivity index (χ0v) is 17.0. The number of nitrogens with one attached hydrogen (secondary N) is 1. The molecule has 1 amide bonds. The fraction of sp³-hybridized carbons (Fsp3) is 0.381. The van der Waals surface area contributed by atoms with Gasteiger partial charge in [0.1, 0.15) is 0 Å². The van der Waals surface area contributed by atoms with Crippen LogP contribution in [0.15, 0.2) is 54.6 Å². The van der Waals surface area contributed by atoms with Gasteiger partial charge in [0.2, 0.25) is 10.0 Å². The summed E-state index contributed by atoms with van der Waals surface area (Å²) in [6.07, 6.45) is 0.649. The number of carbonyl (C=O) groups is 1. The van der Waals surface area contributed by atoms with Gasteiger partial charge in [-0.15, -0.1) is 0 Å². The molecule has 1 aliphatic heterocycles. The summed E-state index contributed by atoms with van der Waals surface area (Å²) < 4.78 is 25.9. The Balaban J connectivity index is 1.51. The van der Waals surface area contributed by atoms with E-state index in [0.29, 0.717) is 25.1 Å². The first-order chi connectivity index (χ1) is 13.5. The van der Waals surface area contributed by atoms with E-state index in [2.05, 4.69) is 10.2 Å². The van der Waals surface area contributed by atoms with Gasteiger partial charge in [-0.1, -0.05) is 37.3 Å². The van der Waals surface area contributed by atoms with Crippen molar-refractivity contribution < 1.29 is 13.2 Å². The van der Waals surface area contributed by atoms with Crippen molar-refractivity contribution in [2.24, 2.45) is 0 Å². The number of nitrogens with zero attached hydrogens (tertiary/aromatic N) is 2. The third-order valence-electron chi connectivity index (χ3n) is 4.84. The zero-order chi connectivity index (χ0) is 20.0. The fourth-order valence-electron chi connectivity index (χ4n) is 3.30. The standard InChI is InChI=1S/C21H27N3O3S/c1-2-16-28(26,27)24-14-12-23(13-15-24)17-18-8-10-20(11-9-18)22-21(25)19-6-4-3-5-7-19/h3-11H,2,12-17H2,1H3,(H,22,25). The first kappa shape index (κ1) is 20.5. The lowest BCUT2D eigenvalue weighted by Gasteiger charge is -2.34. The second kappa shape index (κ2) is 9.32. The van der Waals surface area contributed by atoms with Gasteiger partial charge in [0.15, 0.2) is 0 Å². The molecule has 0 spiro atoms. The Morgan fingerprint density at radius 3 is 2.21 bits per heavy atom. The molecule has 6 nitrogen and oxygen atoms in total. The van der Waals surface area contributed by atoms with Crippen LogP contribution >= 0.6 is 0 Å². The molecule has 0 radical (unpaired) electrons. The van der Waals surface area contributed by atoms with Crippen molar-refractivity contribution in [3.63, 3.8) is 0 Å². The van der Waals surface area contributed by atoms with E-state index in [0.717, 1.165) is 30.9 Å². The average Bonchev–Trinajstić information content (AvgIpc) is 2.70. The third kappa shape index (κ3) is 5.41. The van der Waals surface area contributed by atoms with E-state index in [1.807, 2.05) is 49.4 Å². The Kier molecular flexibility index (Phi) is 6.83. The molecule has 28 heavy (non-hydrogen) atoms. The van der Waals surface area contributed by atoms with E-state index in [4.69, 9.17) is 0 Å². The molecule has 0 bridgehead atoms. The molecule has 0 atom stereocenters. The van der Waals surface area contributed by atoms with Crippen LogP contribution in [-0.4, -0.2) is 55.5 Å². The highest BCUT2D eigenvalue weighted by atomic mass is 32.2. The van der Waals surface area contributed by atoms with Crippen LogP contribution in [0.4, 0.5) is 5.69 Å². The van der Waals surface area contributed by atoms with Gasteiger partial charge in [0, 0.05) is 44.0 Å². The lowest BCUT2D eigenvalue weighted by molar-refractivity contribution is 0.102. The molecular formula is C21H27N3O3S. The molecule has 2 aromatic carbocycles. The molecule has 0 aromatic heterocycles. The van der Waals surface area contributed by atoms with Crippen LogP contribution in [0, 0.1) is 0 Å². The highest BCUT2D eigenvalue weighted by Crippen LogP contribution is 2.15. The quantitative estimate of drug-likeness (QED) is 0.775. The Labute approximate surface area is 167 Å². The lowest BCUT2D eigenvalue weighted by atomic mass is 10.1. The second-order valence-electron chi connectivity index (χ2n) is 7.01. The van der Waals surface area contributed by atoms with Crippen molar-refractivity contribution >= 4 is 21.6 Å². The molecule has 0 saturated carbocycles. The molecule has 7 heteroatoms. The predicted molar refractivity (Wildman–Crippen MR) is 112 cm³/mol. The molecule has 3 rings (SSSR count). The molecule has 2 aromatic rings. The van der Waals surface area contributed by atoms with Crippen LogP contribution in [0.25, 0.3) is 0 Å². The smallest absolute Gasteiger partial charge is 0.255 e. The van der Waals surface area contributed by atoms with E-state index < -0.39 is 10.0 Å². The maximum Gasteiger partial charge on any atom is 0.255 e. The molecule has 150 valence electrons. The summed E-state index contributed by atoms with van der Waals surface area (Å²) in [5.74, 6) is 0.0983. The second-order valence-corrected chi connectivity index (χ2v) is 9.10. The molecule has 0 aliphatic carbocycles. The lowest BCUT2D eigenvalue weighted by Crippen LogP contribution is -2.48. The number of carbonyl (C=O) groups excluding carboxylic acids is 1. The number of hydrogen-bond acceptors (Lipinski definition) is 4. The largest absolute Gasteiger partial charge is 0.322 e. The number of anilines is 1. The van der Waals surface area contributed by atoms with Crippen molar-refractivity contribution in [2.75, 3.05) is 37.2 Å². The topological polar surface area (TPSA) is 69.7 Å². The number of hydrogen-bond donors (Lipinski definition) is 1. The van der Waals surface area contributed by atoms with Gasteiger partial charge < -0.3 is 5.32 Å². The third-order valence-corrected chi connectivity index (χ3v) is 6.92. The summed E-state index contributed by atoms with van der Waals surface area (Å²) in [7, 11) is -3.10. The van der Waals surface area contributed by atoms with E-state index in [-0.39, 0.29) is 11.7 Å². The van der Waals surface area contributed by atoms with E-state index in [1.165, 1.54) is 0 Å². The average molecular weight is 402 g/mol. The van der Waals surface area contributed by atoms with Crippen LogP contribution in [0.2, 0.25) is 0 Å². The molecule has 1 fully saturated rings. The Bertz CT molecular complexity index is 875. The SMILES string of the molecule is CCCS(=O)(=O)N1CCN(Cc2ccc(NC(=O)c3ccccc3)cc2)CC1. The van der Waals surface area contributed by atoms with Gasteiger partial charge in [-0.2, -0.15) is 4.31 Å². The van der Waals surface area contributed by atoms with Gasteiger partial charge in [-0.3, -0.25) is 9.69 Å². The van der Waals surface area contributed by atoms with E-state index >= 15 is 0 Å². The number of rotatable bonds is 7. The van der Waals surface area contributed by atoms with Crippen LogP contribution in [0.3, 0.4) is 0 Å². The van der Waals surface area contributed by atoms with E-state index in [1.54, 1.807) is 16.4 Å². The number of sulfonamides is 1. The van der Waals surface area contributed by atoms with Gasteiger partial charge >= 0.3 is 0 Å². The minimum Gasteiger partial charge on any atom is -0.322 e. The maximum atomic E-state index is 12.2. The Hall–Kier alpha value is -2.22. The first-order valence-corrected chi connectivity index (χ1v) is 11.2. The maximum absolute atomic E-state index is 12.2. The van der Waals surface area contributed by atoms with Crippen molar-refractivity contribution in [3.8, 4) is 0 Å². The molecule has 1 aliphatic rings. The highest BCUT2D eigenvalue weighted by molar-refractivity contribution is 7.89. The van der Waals surface area contributed by atoms with Crippen molar-refractivity contribution in [1.82, 2.24) is 9.21 Å². The van der Waals surface area contributed by atoms with Crippen molar-refractivity contribution in [2.45, 2.75) is 19.9 Å². The Morgan fingerprint density at radius 2 is 1.61 bits per heavy atom. The van der Waals surface area contributed by atoms with Crippen LogP contribution in [0.1, 0.15) is 29.3 Å². The minimum atomic E-state index is -3.10. The number of piperazine rings is 1. The monoisotopic (exact) mass is 401 g/mol. The molecule has 0 unspecified atom stereocenters. The number of benzene rings is 2. The minimum absolute atomic E-state index is 0.127. The normalized spacial score (nSPS) is 16.0. The van der Waals surface area contributed by atoms with Gasteiger partial charge in [-0.25, -0.2) is 8.42 Å². The Morgan fingerprint density at radius 1 is 0.964 bits per heavy atom. The molecule has 1 saturated heterocycles. The molecular weight excluding hydrogens is 374 g/mol. The van der Waals surface area contributed by atoms with Crippen molar-refractivity contribution in [1.29, 1.82) is 0 Å². The highest BCUT2D eigenvalue weighted by Gasteiger charge is 2.25. The van der Waals surface area contributed by atoms with Crippen LogP contribution in [-0.2, 0) is 16.6 Å². The fourth-order valence-corrected chi connectivity index (χ4v) is 4.79. The summed E-state index contributed by atoms with van der Waals surface area (Å²) in [6, 6.07) is 16.9. The summed E-state index contributed by atoms with van der Waals surface area (Å²) >= 11 is 0. The summed E-state index contributed by atoms with van der Waals surface area (Å²) in [5, 5.41) is 2.90. The predicted octanol–water partition coefficient (Wildman–Crippen LogP) is 2.80. The molecule has 1 heterocycles. The van der Waals surface area contributed by atoms with Gasteiger partial charge in [-0.05, 0) is 36.2 Å². The van der Waals surface area contributed by atoms with Crippen LogP contribution < -0.4 is 5.32 Å². The van der Waals surface area contributed by atoms with Gasteiger partial charge in [0.05, 0.1) is 5.75 Å². The molecule has 1 N–H and O–H groups in total. The number of amides is 1.